The molecule has 2 N–H and O–H groups in total. The minimum atomic E-state index is 0.0817. The summed E-state index contributed by atoms with van der Waals surface area (Å²) in [7, 11) is 0. The molecule has 2 nitrogen and oxygen atoms in total. The van der Waals surface area contributed by atoms with E-state index in [0.29, 0.717) is 12.1 Å². The molecule has 0 unspecified atom stereocenters. The number of nitrogens with two attached hydrogens (primary N) is 1. The van der Waals surface area contributed by atoms with Gasteiger partial charge in [-0.25, -0.2) is 0 Å². The average molecular weight is 323 g/mol. The van der Waals surface area contributed by atoms with Gasteiger partial charge in [-0.15, -0.1) is 0 Å². The molecular formula is C19H31ClN2. The number of unbranched alkanes of at least 4 members (excludes halogenated alkanes) is 2. The molecular weight excluding hydrogens is 292 g/mol. The largest absolute Gasteiger partial charge is 0.323 e. The van der Waals surface area contributed by atoms with Crippen LogP contribution in [0.2, 0.25) is 5.02 Å². The minimum Gasteiger partial charge on any atom is -0.323 e. The smallest absolute Gasteiger partial charge is 0.0454 e. The molecule has 2 rings (SSSR count). The van der Waals surface area contributed by atoms with Gasteiger partial charge in [0.1, 0.15) is 0 Å². The summed E-state index contributed by atoms with van der Waals surface area (Å²) in [6, 6.07) is 9.34. The quantitative estimate of drug-likeness (QED) is 0.680. The van der Waals surface area contributed by atoms with Gasteiger partial charge in [-0.05, 0) is 37.0 Å². The second-order valence-electron chi connectivity index (χ2n) is 6.61. The van der Waals surface area contributed by atoms with Gasteiger partial charge in [0.15, 0.2) is 0 Å². The van der Waals surface area contributed by atoms with Crippen LogP contribution in [0.1, 0.15) is 70.4 Å². The molecule has 1 fully saturated rings. The SMILES string of the molecule is CCCCC(CCCC)N1CC[C@H]1[C@@H](N)c1cccc(Cl)c1. The summed E-state index contributed by atoms with van der Waals surface area (Å²) < 4.78 is 0. The Morgan fingerprint density at radius 3 is 2.41 bits per heavy atom. The molecule has 22 heavy (non-hydrogen) atoms. The summed E-state index contributed by atoms with van der Waals surface area (Å²) in [5.41, 5.74) is 7.73. The Labute approximate surface area is 141 Å². The maximum Gasteiger partial charge on any atom is 0.0454 e. The van der Waals surface area contributed by atoms with Crippen LogP contribution < -0.4 is 5.73 Å². The lowest BCUT2D eigenvalue weighted by Crippen LogP contribution is -2.57. The fraction of sp³-hybridized carbons (Fsp3) is 0.684. The zero-order valence-electron chi connectivity index (χ0n) is 14.1. The third kappa shape index (κ3) is 4.47. The fourth-order valence-electron chi connectivity index (χ4n) is 3.56. The maximum atomic E-state index is 6.55. The van der Waals surface area contributed by atoms with E-state index in [-0.39, 0.29) is 6.04 Å². The van der Waals surface area contributed by atoms with Crippen molar-refractivity contribution in [3.8, 4) is 0 Å². The zero-order valence-corrected chi connectivity index (χ0v) is 14.9. The summed E-state index contributed by atoms with van der Waals surface area (Å²) >= 11 is 6.12. The second kappa shape index (κ2) is 8.90. The lowest BCUT2D eigenvalue weighted by Gasteiger charge is -2.49. The molecule has 0 saturated carbocycles. The predicted molar refractivity (Wildman–Crippen MR) is 96.3 cm³/mol. The van der Waals surface area contributed by atoms with Crippen molar-refractivity contribution in [3.63, 3.8) is 0 Å². The second-order valence-corrected chi connectivity index (χ2v) is 7.05. The molecule has 1 aromatic rings. The van der Waals surface area contributed by atoms with E-state index < -0.39 is 0 Å². The summed E-state index contributed by atoms with van der Waals surface area (Å²) in [4.78, 5) is 2.66. The van der Waals surface area contributed by atoms with Crippen LogP contribution in [0.4, 0.5) is 0 Å². The van der Waals surface area contributed by atoms with E-state index >= 15 is 0 Å². The molecule has 3 heteroatoms. The van der Waals surface area contributed by atoms with Gasteiger partial charge < -0.3 is 5.73 Å². The van der Waals surface area contributed by atoms with Gasteiger partial charge >= 0.3 is 0 Å². The molecule has 1 aliphatic heterocycles. The minimum absolute atomic E-state index is 0.0817. The molecule has 1 aliphatic rings. The normalized spacial score (nSPS) is 20.1. The van der Waals surface area contributed by atoms with Gasteiger partial charge in [-0.2, -0.15) is 0 Å². The first-order valence-electron chi connectivity index (χ1n) is 8.94. The van der Waals surface area contributed by atoms with Gasteiger partial charge in [0, 0.05) is 29.7 Å². The van der Waals surface area contributed by atoms with E-state index in [1.807, 2.05) is 18.2 Å². The molecule has 0 spiro atoms. The Balaban J connectivity index is 2.01. The highest BCUT2D eigenvalue weighted by molar-refractivity contribution is 6.30. The number of benzene rings is 1. The number of rotatable bonds is 9. The Kier molecular flexibility index (Phi) is 7.20. The van der Waals surface area contributed by atoms with Crippen molar-refractivity contribution in [3.05, 3.63) is 34.9 Å². The first-order chi connectivity index (χ1) is 10.7. The zero-order chi connectivity index (χ0) is 15.9. The molecule has 0 aliphatic carbocycles. The van der Waals surface area contributed by atoms with Crippen LogP contribution in [0.15, 0.2) is 24.3 Å². The average Bonchev–Trinajstić information content (AvgIpc) is 2.48. The monoisotopic (exact) mass is 322 g/mol. The Morgan fingerprint density at radius 2 is 1.91 bits per heavy atom. The van der Waals surface area contributed by atoms with Crippen LogP contribution in [0.25, 0.3) is 0 Å². The molecule has 1 aromatic carbocycles. The van der Waals surface area contributed by atoms with Crippen LogP contribution in [-0.2, 0) is 0 Å². The van der Waals surface area contributed by atoms with Crippen molar-refractivity contribution < 1.29 is 0 Å². The first-order valence-corrected chi connectivity index (χ1v) is 9.32. The summed E-state index contributed by atoms with van der Waals surface area (Å²) in [6.07, 6.45) is 9.05. The van der Waals surface area contributed by atoms with Crippen molar-refractivity contribution in [2.24, 2.45) is 5.73 Å². The standard InChI is InChI=1S/C19H31ClN2/c1-3-5-10-17(11-6-4-2)22-13-12-18(22)19(21)15-8-7-9-16(20)14-15/h7-9,14,17-19H,3-6,10-13,21H2,1-2H3/t18-,19-/m0/s1. The van der Waals surface area contributed by atoms with Crippen LogP contribution in [0, 0.1) is 0 Å². The highest BCUT2D eigenvalue weighted by Crippen LogP contribution is 2.34. The van der Waals surface area contributed by atoms with E-state index in [4.69, 9.17) is 17.3 Å². The van der Waals surface area contributed by atoms with Crippen molar-refractivity contribution in [2.45, 2.75) is 76.9 Å². The topological polar surface area (TPSA) is 29.3 Å². The third-order valence-electron chi connectivity index (χ3n) is 5.01. The maximum absolute atomic E-state index is 6.55. The number of nitrogens with zero attached hydrogens (tertiary/aromatic N) is 1. The van der Waals surface area contributed by atoms with Gasteiger partial charge in [0.25, 0.3) is 0 Å². The number of likely N-dealkylation sites (tertiary alicyclic amines) is 1. The molecule has 1 saturated heterocycles. The number of halogens is 1. The van der Waals surface area contributed by atoms with Crippen molar-refractivity contribution in [1.82, 2.24) is 4.90 Å². The van der Waals surface area contributed by atoms with E-state index in [2.05, 4.69) is 24.8 Å². The van der Waals surface area contributed by atoms with Gasteiger partial charge in [0.05, 0.1) is 0 Å². The van der Waals surface area contributed by atoms with Crippen LogP contribution in [-0.4, -0.2) is 23.5 Å². The third-order valence-corrected chi connectivity index (χ3v) is 5.24. The summed E-state index contributed by atoms with van der Waals surface area (Å²) in [6.45, 7) is 5.77. The molecule has 0 radical (unpaired) electrons. The fourth-order valence-corrected chi connectivity index (χ4v) is 3.76. The lowest BCUT2D eigenvalue weighted by molar-refractivity contribution is 0.0155. The van der Waals surface area contributed by atoms with E-state index in [1.165, 1.54) is 57.1 Å². The van der Waals surface area contributed by atoms with Gasteiger partial charge in [-0.1, -0.05) is 63.3 Å². The van der Waals surface area contributed by atoms with Crippen LogP contribution in [0.3, 0.4) is 0 Å². The molecule has 124 valence electrons. The summed E-state index contributed by atoms with van der Waals surface area (Å²) in [5.74, 6) is 0. The molecule has 2 atom stereocenters. The van der Waals surface area contributed by atoms with Gasteiger partial charge in [0.2, 0.25) is 0 Å². The van der Waals surface area contributed by atoms with Crippen molar-refractivity contribution in [1.29, 1.82) is 0 Å². The van der Waals surface area contributed by atoms with Crippen LogP contribution in [0.5, 0.6) is 0 Å². The molecule has 1 heterocycles. The Bertz CT molecular complexity index is 441. The Morgan fingerprint density at radius 1 is 1.23 bits per heavy atom. The van der Waals surface area contributed by atoms with Crippen molar-refractivity contribution >= 4 is 11.6 Å². The number of hydrogen-bond donors (Lipinski definition) is 1. The summed E-state index contributed by atoms with van der Waals surface area (Å²) in [5, 5.41) is 0.785. The number of hydrogen-bond acceptors (Lipinski definition) is 2. The molecule has 0 bridgehead atoms. The highest BCUT2D eigenvalue weighted by atomic mass is 35.5. The van der Waals surface area contributed by atoms with E-state index in [9.17, 15) is 0 Å². The van der Waals surface area contributed by atoms with Gasteiger partial charge in [-0.3, -0.25) is 4.90 Å². The Hall–Kier alpha value is -0.570. The highest BCUT2D eigenvalue weighted by Gasteiger charge is 2.37. The predicted octanol–water partition coefficient (Wildman–Crippen LogP) is 5.16. The first kappa shape index (κ1) is 17.8. The van der Waals surface area contributed by atoms with Crippen LogP contribution >= 0.6 is 11.6 Å². The molecule has 0 amide bonds. The van der Waals surface area contributed by atoms with Crippen molar-refractivity contribution in [2.75, 3.05) is 6.54 Å². The lowest BCUT2D eigenvalue weighted by atomic mass is 9.86. The van der Waals surface area contributed by atoms with E-state index in [0.717, 1.165) is 5.02 Å². The van der Waals surface area contributed by atoms with E-state index in [1.54, 1.807) is 0 Å². The molecule has 0 aromatic heterocycles.